The summed E-state index contributed by atoms with van der Waals surface area (Å²) in [6.07, 6.45) is 4.66. The SMILES string of the molecule is C[C@H](OC(=O)c1cccnc1S[C@H](C)C(=O)NC1CC1)C(=O)NC1CC1. The largest absolute Gasteiger partial charge is 0.449 e. The summed E-state index contributed by atoms with van der Waals surface area (Å²) >= 11 is 1.21. The number of carbonyl (C=O) groups excluding carboxylic acids is 3. The molecule has 140 valence electrons. The minimum Gasteiger partial charge on any atom is -0.449 e. The average molecular weight is 377 g/mol. The standard InChI is InChI=1S/C18H23N3O4S/c1-10(15(22)20-12-5-6-12)25-18(24)14-4-3-9-19-17(14)26-11(2)16(23)21-13-7-8-13/h3-4,9-13H,5-8H2,1-2H3,(H,20,22)(H,21,23)/t10-,11+/m0/s1. The highest BCUT2D eigenvalue weighted by atomic mass is 32.2. The van der Waals surface area contributed by atoms with E-state index in [1.807, 2.05) is 0 Å². The second-order valence-corrected chi connectivity index (χ2v) is 8.06. The first-order chi connectivity index (χ1) is 12.4. The fourth-order valence-electron chi connectivity index (χ4n) is 2.23. The smallest absolute Gasteiger partial charge is 0.341 e. The quantitative estimate of drug-likeness (QED) is 0.528. The Morgan fingerprint density at radius 3 is 2.35 bits per heavy atom. The van der Waals surface area contributed by atoms with Crippen LogP contribution in [0.1, 0.15) is 49.9 Å². The third-order valence-corrected chi connectivity index (χ3v) is 5.27. The Hall–Kier alpha value is -2.09. The molecule has 26 heavy (non-hydrogen) atoms. The minimum absolute atomic E-state index is 0.0698. The maximum absolute atomic E-state index is 12.5. The summed E-state index contributed by atoms with van der Waals surface area (Å²) < 4.78 is 5.28. The van der Waals surface area contributed by atoms with Crippen LogP contribution in [-0.2, 0) is 14.3 Å². The molecule has 0 radical (unpaired) electrons. The van der Waals surface area contributed by atoms with Gasteiger partial charge in [0.1, 0.15) is 5.03 Å². The third-order valence-electron chi connectivity index (χ3n) is 4.15. The third kappa shape index (κ3) is 5.20. The molecule has 0 unspecified atom stereocenters. The first-order valence-electron chi connectivity index (χ1n) is 8.87. The maximum Gasteiger partial charge on any atom is 0.341 e. The molecule has 2 fully saturated rings. The monoisotopic (exact) mass is 377 g/mol. The molecular formula is C18H23N3O4S. The molecule has 2 aliphatic carbocycles. The normalized spacial score (nSPS) is 18.5. The number of hydrogen-bond acceptors (Lipinski definition) is 6. The lowest BCUT2D eigenvalue weighted by molar-refractivity contribution is -0.129. The molecule has 2 aliphatic rings. The summed E-state index contributed by atoms with van der Waals surface area (Å²) in [4.78, 5) is 40.8. The van der Waals surface area contributed by atoms with Gasteiger partial charge in [-0.1, -0.05) is 11.8 Å². The fourth-order valence-corrected chi connectivity index (χ4v) is 3.14. The molecule has 2 N–H and O–H groups in total. The van der Waals surface area contributed by atoms with Gasteiger partial charge < -0.3 is 15.4 Å². The van der Waals surface area contributed by atoms with Gasteiger partial charge in [0.2, 0.25) is 5.91 Å². The van der Waals surface area contributed by atoms with Gasteiger partial charge in [0.15, 0.2) is 6.10 Å². The number of aromatic nitrogens is 1. The van der Waals surface area contributed by atoms with Crippen molar-refractivity contribution < 1.29 is 19.1 Å². The van der Waals surface area contributed by atoms with E-state index >= 15 is 0 Å². The molecule has 0 aromatic carbocycles. The van der Waals surface area contributed by atoms with Gasteiger partial charge in [-0.15, -0.1) is 0 Å². The Morgan fingerprint density at radius 1 is 1.12 bits per heavy atom. The number of pyridine rings is 1. The first kappa shape index (κ1) is 18.7. The lowest BCUT2D eigenvalue weighted by Gasteiger charge is -2.15. The Bertz CT molecular complexity index is 703. The molecule has 0 spiro atoms. The van der Waals surface area contributed by atoms with E-state index in [0.29, 0.717) is 5.03 Å². The van der Waals surface area contributed by atoms with Crippen molar-refractivity contribution in [3.05, 3.63) is 23.9 Å². The number of ether oxygens (including phenoxy) is 1. The zero-order valence-corrected chi connectivity index (χ0v) is 15.7. The molecule has 1 heterocycles. The number of esters is 1. The molecule has 1 aromatic rings. The first-order valence-corrected chi connectivity index (χ1v) is 9.75. The summed E-state index contributed by atoms with van der Waals surface area (Å²) in [6.45, 7) is 3.32. The Morgan fingerprint density at radius 2 is 1.73 bits per heavy atom. The summed E-state index contributed by atoms with van der Waals surface area (Å²) in [5.74, 6) is -0.982. The van der Waals surface area contributed by atoms with Gasteiger partial charge in [-0.25, -0.2) is 9.78 Å². The van der Waals surface area contributed by atoms with Crippen LogP contribution in [0.15, 0.2) is 23.4 Å². The Labute approximate surface area is 156 Å². The minimum atomic E-state index is -0.878. The van der Waals surface area contributed by atoms with Gasteiger partial charge in [-0.2, -0.15) is 0 Å². The van der Waals surface area contributed by atoms with Crippen molar-refractivity contribution in [3.8, 4) is 0 Å². The molecule has 3 rings (SSSR count). The second kappa shape index (κ2) is 8.07. The summed E-state index contributed by atoms with van der Waals surface area (Å²) in [5, 5.41) is 5.78. The number of carbonyl (C=O) groups is 3. The molecule has 2 atom stereocenters. The average Bonchev–Trinajstić information content (AvgIpc) is 3.51. The lowest BCUT2D eigenvalue weighted by atomic mass is 10.3. The summed E-state index contributed by atoms with van der Waals surface area (Å²) in [6, 6.07) is 3.71. The van der Waals surface area contributed by atoms with E-state index in [0.717, 1.165) is 25.7 Å². The van der Waals surface area contributed by atoms with Crippen LogP contribution < -0.4 is 10.6 Å². The van der Waals surface area contributed by atoms with E-state index in [4.69, 9.17) is 4.74 Å². The van der Waals surface area contributed by atoms with Crippen LogP contribution in [0.3, 0.4) is 0 Å². The van der Waals surface area contributed by atoms with Crippen molar-refractivity contribution in [1.29, 1.82) is 0 Å². The predicted molar refractivity (Wildman–Crippen MR) is 96.8 cm³/mol. The molecule has 7 nitrogen and oxygen atoms in total. The van der Waals surface area contributed by atoms with Gasteiger partial charge in [0.05, 0.1) is 10.8 Å². The van der Waals surface area contributed by atoms with Crippen LogP contribution >= 0.6 is 11.8 Å². The van der Waals surface area contributed by atoms with Crippen molar-refractivity contribution in [2.45, 2.75) is 68.0 Å². The van der Waals surface area contributed by atoms with Crippen molar-refractivity contribution in [2.24, 2.45) is 0 Å². The van der Waals surface area contributed by atoms with E-state index < -0.39 is 12.1 Å². The number of thioether (sulfide) groups is 1. The predicted octanol–water partition coefficient (Wildman–Crippen LogP) is 1.66. The lowest BCUT2D eigenvalue weighted by Crippen LogP contribution is -2.37. The van der Waals surface area contributed by atoms with Crippen LogP contribution in [0.2, 0.25) is 0 Å². The molecule has 2 saturated carbocycles. The van der Waals surface area contributed by atoms with E-state index in [2.05, 4.69) is 15.6 Å². The molecule has 0 saturated heterocycles. The molecular weight excluding hydrogens is 354 g/mol. The number of amides is 2. The van der Waals surface area contributed by atoms with Crippen molar-refractivity contribution >= 4 is 29.5 Å². The zero-order chi connectivity index (χ0) is 18.7. The Balaban J connectivity index is 1.60. The highest BCUT2D eigenvalue weighted by Gasteiger charge is 2.29. The van der Waals surface area contributed by atoms with E-state index in [9.17, 15) is 14.4 Å². The van der Waals surface area contributed by atoms with E-state index in [1.54, 1.807) is 32.2 Å². The molecule has 8 heteroatoms. The van der Waals surface area contributed by atoms with Crippen LogP contribution in [0.25, 0.3) is 0 Å². The van der Waals surface area contributed by atoms with E-state index in [-0.39, 0.29) is 34.7 Å². The summed E-state index contributed by atoms with van der Waals surface area (Å²) in [5.41, 5.74) is 0.259. The van der Waals surface area contributed by atoms with Gasteiger partial charge >= 0.3 is 5.97 Å². The van der Waals surface area contributed by atoms with Crippen molar-refractivity contribution in [3.63, 3.8) is 0 Å². The van der Waals surface area contributed by atoms with Gasteiger partial charge in [0, 0.05) is 18.3 Å². The van der Waals surface area contributed by atoms with Crippen LogP contribution in [-0.4, -0.2) is 46.2 Å². The zero-order valence-electron chi connectivity index (χ0n) is 14.9. The molecule has 0 bridgehead atoms. The second-order valence-electron chi connectivity index (χ2n) is 6.73. The van der Waals surface area contributed by atoms with Crippen LogP contribution in [0.4, 0.5) is 0 Å². The highest BCUT2D eigenvalue weighted by Crippen LogP contribution is 2.27. The topological polar surface area (TPSA) is 97.4 Å². The van der Waals surface area contributed by atoms with Gasteiger partial charge in [-0.05, 0) is 51.7 Å². The maximum atomic E-state index is 12.5. The number of nitrogens with zero attached hydrogens (tertiary/aromatic N) is 1. The Kier molecular flexibility index (Phi) is 5.80. The highest BCUT2D eigenvalue weighted by molar-refractivity contribution is 8.00. The van der Waals surface area contributed by atoms with Crippen molar-refractivity contribution in [2.75, 3.05) is 0 Å². The molecule has 2 amide bonds. The van der Waals surface area contributed by atoms with Crippen molar-refractivity contribution in [1.82, 2.24) is 15.6 Å². The van der Waals surface area contributed by atoms with E-state index in [1.165, 1.54) is 11.8 Å². The fraction of sp³-hybridized carbons (Fsp3) is 0.556. The molecule has 0 aliphatic heterocycles. The summed E-state index contributed by atoms with van der Waals surface area (Å²) in [7, 11) is 0. The number of hydrogen-bond donors (Lipinski definition) is 2. The van der Waals surface area contributed by atoms with Crippen LogP contribution in [0, 0.1) is 0 Å². The van der Waals surface area contributed by atoms with Gasteiger partial charge in [0.25, 0.3) is 5.91 Å². The van der Waals surface area contributed by atoms with Gasteiger partial charge in [-0.3, -0.25) is 9.59 Å². The molecule has 1 aromatic heterocycles. The van der Waals surface area contributed by atoms with Crippen LogP contribution in [0.5, 0.6) is 0 Å². The number of rotatable bonds is 8. The number of nitrogens with one attached hydrogen (secondary N) is 2.